The summed E-state index contributed by atoms with van der Waals surface area (Å²) in [6.07, 6.45) is 1.73. The molecule has 2 aromatic carbocycles. The van der Waals surface area contributed by atoms with Crippen molar-refractivity contribution >= 4 is 24.8 Å². The Bertz CT molecular complexity index is 574. The van der Waals surface area contributed by atoms with Crippen LogP contribution in [0.4, 0.5) is 0 Å². The maximum absolute atomic E-state index is 10.3. The van der Waals surface area contributed by atoms with Gasteiger partial charge in [-0.05, 0) is 25.5 Å². The minimum absolute atomic E-state index is 0.227. The third-order valence-electron chi connectivity index (χ3n) is 2.66. The third-order valence-corrected chi connectivity index (χ3v) is 2.66. The third kappa shape index (κ3) is 6.23. The van der Waals surface area contributed by atoms with Crippen molar-refractivity contribution in [2.75, 3.05) is 0 Å². The Hall–Kier alpha value is -0.796. The Morgan fingerprint density at radius 3 is 2.24 bits per heavy atom. The van der Waals surface area contributed by atoms with Crippen LogP contribution in [0.25, 0.3) is 11.1 Å². The number of nitrogens with zero attached hydrogens (tertiary/aromatic N) is 1. The van der Waals surface area contributed by atoms with Gasteiger partial charge in [0.05, 0.1) is 0 Å². The van der Waals surface area contributed by atoms with E-state index in [0.717, 1.165) is 16.7 Å². The molecule has 0 spiro atoms. The second-order valence-corrected chi connectivity index (χ2v) is 7.13. The molecule has 2 rings (SSSR count). The van der Waals surface area contributed by atoms with Gasteiger partial charge in [-0.3, -0.25) is 4.99 Å². The predicted molar refractivity (Wildman–Crippen MR) is 88.0 cm³/mol. The zero-order valence-electron chi connectivity index (χ0n) is 11.9. The first-order chi connectivity index (χ1) is 10.1. The molecule has 0 aliphatic rings. The number of hydrogen-bond donors (Lipinski definition) is 1. The molecule has 0 aliphatic carbocycles. The fourth-order valence-corrected chi connectivity index (χ4v) is 1.75. The van der Waals surface area contributed by atoms with Crippen molar-refractivity contribution in [2.24, 2.45) is 4.99 Å². The summed E-state index contributed by atoms with van der Waals surface area (Å²) >= 11 is -0.556. The van der Waals surface area contributed by atoms with Gasteiger partial charge in [0.2, 0.25) is 0 Å². The van der Waals surface area contributed by atoms with Gasteiger partial charge in [-0.25, -0.2) is 0 Å². The van der Waals surface area contributed by atoms with Gasteiger partial charge >= 0.3 is 35.6 Å². The van der Waals surface area contributed by atoms with Crippen LogP contribution in [-0.2, 0) is 17.0 Å². The van der Waals surface area contributed by atoms with Gasteiger partial charge in [0.15, 0.2) is 0 Å². The van der Waals surface area contributed by atoms with Crippen LogP contribution in [0.1, 0.15) is 19.4 Å². The molecule has 0 unspecified atom stereocenters. The van der Waals surface area contributed by atoms with Crippen molar-refractivity contribution in [3.63, 3.8) is 0 Å². The molecule has 1 N–H and O–H groups in total. The fourth-order valence-electron chi connectivity index (χ4n) is 1.75. The Kier molecular flexibility index (Phi) is 8.71. The molecule has 0 amide bonds. The molecule has 21 heavy (non-hydrogen) atoms. The van der Waals surface area contributed by atoms with E-state index in [1.54, 1.807) is 6.21 Å². The molecule has 0 aliphatic heterocycles. The van der Waals surface area contributed by atoms with Crippen LogP contribution in [0.3, 0.4) is 0 Å². The summed E-state index contributed by atoms with van der Waals surface area (Å²) in [5.41, 5.74) is 2.60. The number of para-hydroxylation sites is 1. The van der Waals surface area contributed by atoms with E-state index in [1.165, 1.54) is 0 Å². The summed E-state index contributed by atoms with van der Waals surface area (Å²) in [6, 6.07) is 15.8. The number of rotatable bonds is 3. The second kappa shape index (κ2) is 10.0. The van der Waals surface area contributed by atoms with E-state index in [2.05, 4.69) is 4.99 Å². The average Bonchev–Trinajstić information content (AvgIpc) is 2.48. The Morgan fingerprint density at radius 2 is 1.67 bits per heavy atom. The van der Waals surface area contributed by atoms with Crippen LogP contribution in [0.5, 0.6) is 5.75 Å². The van der Waals surface area contributed by atoms with Gasteiger partial charge < -0.3 is 5.11 Å². The Morgan fingerprint density at radius 1 is 1.05 bits per heavy atom. The fraction of sp³-hybridized carbons (Fsp3) is 0.188. The Balaban J connectivity index is 0.000000677. The van der Waals surface area contributed by atoms with Crippen LogP contribution in [-0.4, -0.2) is 17.4 Å². The van der Waals surface area contributed by atoms with Crippen LogP contribution in [0.15, 0.2) is 53.5 Å². The Labute approximate surface area is 142 Å². The first-order valence-corrected chi connectivity index (χ1v) is 10.8. The van der Waals surface area contributed by atoms with Crippen LogP contribution in [0, 0.1) is 0 Å². The molecular weight excluding hydrogens is 341 g/mol. The van der Waals surface area contributed by atoms with Crippen LogP contribution < -0.4 is 0 Å². The van der Waals surface area contributed by atoms with Gasteiger partial charge in [-0.15, -0.1) is 0 Å². The average molecular weight is 358 g/mol. The van der Waals surface area contributed by atoms with Crippen molar-refractivity contribution in [1.29, 1.82) is 0 Å². The topological polar surface area (TPSA) is 32.6 Å². The number of hydrogen-bond acceptors (Lipinski definition) is 2. The van der Waals surface area contributed by atoms with Crippen molar-refractivity contribution in [3.8, 4) is 16.9 Å². The molecule has 5 heteroatoms. The van der Waals surface area contributed by atoms with E-state index < -0.39 is 17.0 Å². The zero-order valence-corrected chi connectivity index (χ0v) is 15.0. The normalized spacial score (nSPS) is 10.3. The quantitative estimate of drug-likeness (QED) is 0.589. The summed E-state index contributed by atoms with van der Waals surface area (Å²) in [7, 11) is 9.78. The van der Waals surface area contributed by atoms with Gasteiger partial charge in [0, 0.05) is 23.4 Å². The van der Waals surface area contributed by atoms with Crippen LogP contribution in [0.2, 0.25) is 0 Å². The molecule has 110 valence electrons. The van der Waals surface area contributed by atoms with Gasteiger partial charge in [-0.1, -0.05) is 42.5 Å². The minimum atomic E-state index is -0.556. The molecule has 2 nitrogen and oxygen atoms in total. The van der Waals surface area contributed by atoms with Gasteiger partial charge in [0.25, 0.3) is 0 Å². The number of aromatic hydroxyl groups is 1. The number of phenolic OH excluding ortho intramolecular Hbond substituents is 1. The molecule has 0 atom stereocenters. The number of benzene rings is 2. The number of phenols is 1. The van der Waals surface area contributed by atoms with E-state index in [1.807, 2.05) is 62.4 Å². The van der Waals surface area contributed by atoms with Crippen molar-refractivity contribution < 1.29 is 22.1 Å². The molecule has 0 saturated carbocycles. The number of halogens is 2. The van der Waals surface area contributed by atoms with Gasteiger partial charge in [-0.2, -0.15) is 0 Å². The first kappa shape index (κ1) is 18.3. The summed E-state index contributed by atoms with van der Waals surface area (Å²) < 4.78 is 0. The van der Waals surface area contributed by atoms with E-state index in [4.69, 9.17) is 18.6 Å². The molecule has 0 bridgehead atoms. The molecule has 0 heterocycles. The van der Waals surface area contributed by atoms with Crippen molar-refractivity contribution in [3.05, 3.63) is 54.1 Å². The second-order valence-electron chi connectivity index (χ2n) is 4.55. The summed E-state index contributed by atoms with van der Waals surface area (Å²) in [4.78, 5) is 4.31. The first-order valence-electron chi connectivity index (χ1n) is 6.47. The zero-order chi connectivity index (χ0) is 15.7. The molecular formula is C16H17Cl2NOTi. The maximum atomic E-state index is 10.3. The summed E-state index contributed by atoms with van der Waals surface area (Å²) in [5.74, 6) is 0.285. The molecule has 0 radical (unpaired) electrons. The molecule has 0 aromatic heterocycles. The monoisotopic (exact) mass is 357 g/mol. The van der Waals surface area contributed by atoms with E-state index >= 15 is 0 Å². The SMILES string of the molecule is CC(C)N=Cc1cccc(-c2ccccc2)c1O.[Cl][Ti][Cl]. The van der Waals surface area contributed by atoms with Crippen molar-refractivity contribution in [2.45, 2.75) is 19.9 Å². The predicted octanol–water partition coefficient (Wildman–Crippen LogP) is 5.26. The molecule has 0 saturated heterocycles. The number of aliphatic imine (C=N–C) groups is 1. The standard InChI is InChI=1S/C16H17NO.2ClH.Ti/c1-12(2)17-11-14-9-6-10-15(16(14)18)13-7-4-3-5-8-13;;;/h3-12,18H,1-2H3;2*1H;/q;;;+2/p-2. The van der Waals surface area contributed by atoms with Gasteiger partial charge in [0.1, 0.15) is 5.75 Å². The van der Waals surface area contributed by atoms with E-state index in [0.29, 0.717) is 0 Å². The van der Waals surface area contributed by atoms with E-state index in [9.17, 15) is 5.11 Å². The molecule has 0 fully saturated rings. The summed E-state index contributed by atoms with van der Waals surface area (Å²) in [5, 5.41) is 10.3. The van der Waals surface area contributed by atoms with Crippen molar-refractivity contribution in [1.82, 2.24) is 0 Å². The summed E-state index contributed by atoms with van der Waals surface area (Å²) in [6.45, 7) is 4.02. The molecule has 2 aromatic rings. The van der Waals surface area contributed by atoms with Crippen LogP contribution >= 0.6 is 18.6 Å². The van der Waals surface area contributed by atoms with E-state index in [-0.39, 0.29) is 11.8 Å².